The Hall–Kier alpha value is -1.77. The molecule has 0 aliphatic rings. The first-order valence-electron chi connectivity index (χ1n) is 7.54. The predicted molar refractivity (Wildman–Crippen MR) is 103 cm³/mol. The van der Waals surface area contributed by atoms with Crippen LogP contribution in [0, 0.1) is 11.6 Å². The molecule has 0 spiro atoms. The van der Waals surface area contributed by atoms with Crippen LogP contribution >= 0.6 is 24.0 Å². The summed E-state index contributed by atoms with van der Waals surface area (Å²) >= 11 is 0. The Labute approximate surface area is 157 Å². The van der Waals surface area contributed by atoms with Crippen molar-refractivity contribution in [3.63, 3.8) is 0 Å². The number of aliphatic imine (C=N–C) groups is 1. The van der Waals surface area contributed by atoms with Crippen molar-refractivity contribution >= 4 is 29.9 Å². The van der Waals surface area contributed by atoms with Gasteiger partial charge >= 0.3 is 0 Å². The van der Waals surface area contributed by atoms with E-state index in [-0.39, 0.29) is 24.0 Å². The summed E-state index contributed by atoms with van der Waals surface area (Å²) in [6.07, 6.45) is 2.23. The summed E-state index contributed by atoms with van der Waals surface area (Å²) in [6.45, 7) is 3.68. The molecule has 4 nitrogen and oxygen atoms in total. The van der Waals surface area contributed by atoms with Crippen LogP contribution in [0.3, 0.4) is 0 Å². The summed E-state index contributed by atoms with van der Waals surface area (Å²) in [5, 5.41) is 6.27. The Kier molecular flexibility index (Phi) is 9.21. The normalized spacial score (nSPS) is 10.9. The zero-order valence-electron chi connectivity index (χ0n) is 13.4. The average Bonchev–Trinajstić information content (AvgIpc) is 2.53. The molecular weight excluding hydrogens is 425 g/mol. The van der Waals surface area contributed by atoms with Gasteiger partial charge in [0.05, 0.1) is 12.2 Å². The minimum atomic E-state index is -0.560. The van der Waals surface area contributed by atoms with Gasteiger partial charge in [-0.2, -0.15) is 0 Å². The van der Waals surface area contributed by atoms with Gasteiger partial charge in [-0.25, -0.2) is 13.8 Å². The third kappa shape index (κ3) is 7.20. The summed E-state index contributed by atoms with van der Waals surface area (Å²) in [5.41, 5.74) is 1.48. The maximum Gasteiger partial charge on any atom is 0.191 e. The number of hydrogen-bond donors (Lipinski definition) is 2. The molecule has 130 valence electrons. The van der Waals surface area contributed by atoms with E-state index in [1.54, 1.807) is 6.20 Å². The van der Waals surface area contributed by atoms with E-state index in [0.29, 0.717) is 31.0 Å². The lowest BCUT2D eigenvalue weighted by molar-refractivity contribution is 0.579. The quantitative estimate of drug-likeness (QED) is 0.407. The Morgan fingerprint density at radius 2 is 1.88 bits per heavy atom. The molecule has 0 saturated carbocycles. The van der Waals surface area contributed by atoms with Crippen LogP contribution in [0.4, 0.5) is 8.78 Å². The monoisotopic (exact) mass is 446 g/mol. The Balaban J connectivity index is 0.00000288. The maximum atomic E-state index is 13.1. The standard InChI is InChI=1S/C17H20F2N4.HI/c1-2-20-17(23-12-16-5-3-4-7-21-16)22-8-6-13-9-14(18)11-15(19)10-13;/h3-5,7,9-11H,2,6,8,12H2,1H3,(H2,20,22,23);1H. The number of nitrogens with one attached hydrogen (secondary N) is 2. The van der Waals surface area contributed by atoms with E-state index < -0.39 is 11.6 Å². The second-order valence-electron chi connectivity index (χ2n) is 4.97. The van der Waals surface area contributed by atoms with Crippen molar-refractivity contribution in [1.82, 2.24) is 15.6 Å². The zero-order chi connectivity index (χ0) is 16.5. The first-order valence-corrected chi connectivity index (χ1v) is 7.54. The molecule has 0 radical (unpaired) electrons. The van der Waals surface area contributed by atoms with E-state index in [4.69, 9.17) is 0 Å². The molecule has 0 fully saturated rings. The molecule has 24 heavy (non-hydrogen) atoms. The highest BCUT2D eigenvalue weighted by molar-refractivity contribution is 14.0. The lowest BCUT2D eigenvalue weighted by atomic mass is 10.1. The highest BCUT2D eigenvalue weighted by Crippen LogP contribution is 2.08. The summed E-state index contributed by atoms with van der Waals surface area (Å²) in [6, 6.07) is 9.22. The largest absolute Gasteiger partial charge is 0.357 e. The van der Waals surface area contributed by atoms with E-state index >= 15 is 0 Å². The number of rotatable bonds is 6. The second-order valence-corrected chi connectivity index (χ2v) is 4.97. The van der Waals surface area contributed by atoms with Crippen LogP contribution in [-0.2, 0) is 13.0 Å². The van der Waals surface area contributed by atoms with E-state index in [1.165, 1.54) is 12.1 Å². The van der Waals surface area contributed by atoms with E-state index in [2.05, 4.69) is 20.6 Å². The van der Waals surface area contributed by atoms with Crippen molar-refractivity contribution in [2.45, 2.75) is 19.9 Å². The third-order valence-corrected chi connectivity index (χ3v) is 3.10. The molecule has 0 saturated heterocycles. The minimum Gasteiger partial charge on any atom is -0.357 e. The summed E-state index contributed by atoms with van der Waals surface area (Å²) in [5.74, 6) is -0.471. The molecule has 0 atom stereocenters. The van der Waals surface area contributed by atoms with Gasteiger partial charge in [-0.15, -0.1) is 24.0 Å². The lowest BCUT2D eigenvalue weighted by Gasteiger charge is -2.11. The summed E-state index contributed by atoms with van der Waals surface area (Å²) in [7, 11) is 0. The molecule has 0 aliphatic carbocycles. The van der Waals surface area contributed by atoms with Crippen LogP contribution in [-0.4, -0.2) is 24.0 Å². The predicted octanol–water partition coefficient (Wildman–Crippen LogP) is 3.28. The number of hydrogen-bond acceptors (Lipinski definition) is 2. The maximum absolute atomic E-state index is 13.1. The molecule has 0 aliphatic heterocycles. The highest BCUT2D eigenvalue weighted by Gasteiger charge is 2.02. The van der Waals surface area contributed by atoms with Crippen LogP contribution in [0.25, 0.3) is 0 Å². The number of benzene rings is 1. The fraction of sp³-hybridized carbons (Fsp3) is 0.294. The van der Waals surface area contributed by atoms with Gasteiger partial charge in [-0.1, -0.05) is 6.07 Å². The number of pyridine rings is 1. The van der Waals surface area contributed by atoms with E-state index in [0.717, 1.165) is 18.3 Å². The third-order valence-electron chi connectivity index (χ3n) is 3.10. The topological polar surface area (TPSA) is 49.3 Å². The van der Waals surface area contributed by atoms with Crippen LogP contribution < -0.4 is 10.6 Å². The first-order chi connectivity index (χ1) is 11.2. The van der Waals surface area contributed by atoms with Gasteiger partial charge in [0.1, 0.15) is 11.6 Å². The second kappa shape index (κ2) is 10.9. The van der Waals surface area contributed by atoms with Crippen molar-refractivity contribution in [2.24, 2.45) is 4.99 Å². The molecular formula is C17H21F2IN4. The molecule has 1 heterocycles. The smallest absolute Gasteiger partial charge is 0.191 e. The van der Waals surface area contributed by atoms with Crippen molar-refractivity contribution in [3.05, 3.63) is 65.5 Å². The number of halogens is 3. The number of guanidine groups is 1. The Morgan fingerprint density at radius 1 is 1.12 bits per heavy atom. The minimum absolute atomic E-state index is 0. The Morgan fingerprint density at radius 3 is 2.50 bits per heavy atom. The van der Waals surface area contributed by atoms with Gasteiger partial charge in [-0.3, -0.25) is 4.98 Å². The van der Waals surface area contributed by atoms with Crippen molar-refractivity contribution in [2.75, 3.05) is 13.1 Å². The summed E-state index contributed by atoms with van der Waals surface area (Å²) < 4.78 is 26.3. The van der Waals surface area contributed by atoms with Crippen LogP contribution in [0.5, 0.6) is 0 Å². The average molecular weight is 446 g/mol. The fourth-order valence-electron chi connectivity index (χ4n) is 2.07. The molecule has 0 unspecified atom stereocenters. The fourth-order valence-corrected chi connectivity index (χ4v) is 2.07. The SMILES string of the molecule is CCNC(=NCc1ccccn1)NCCc1cc(F)cc(F)c1.I. The molecule has 0 bridgehead atoms. The first kappa shape index (κ1) is 20.3. The van der Waals surface area contributed by atoms with Crippen molar-refractivity contribution < 1.29 is 8.78 Å². The van der Waals surface area contributed by atoms with Crippen LogP contribution in [0.2, 0.25) is 0 Å². The molecule has 2 aromatic rings. The summed E-state index contributed by atoms with van der Waals surface area (Å²) in [4.78, 5) is 8.65. The van der Waals surface area contributed by atoms with Crippen molar-refractivity contribution in [1.29, 1.82) is 0 Å². The van der Waals surface area contributed by atoms with E-state index in [9.17, 15) is 8.78 Å². The molecule has 7 heteroatoms. The zero-order valence-corrected chi connectivity index (χ0v) is 15.8. The molecule has 2 N–H and O–H groups in total. The Bertz CT molecular complexity index is 630. The molecule has 2 rings (SSSR count). The lowest BCUT2D eigenvalue weighted by Crippen LogP contribution is -2.38. The van der Waals surface area contributed by atoms with Gasteiger partial charge in [0.15, 0.2) is 5.96 Å². The highest BCUT2D eigenvalue weighted by atomic mass is 127. The molecule has 1 aromatic carbocycles. The van der Waals surface area contributed by atoms with Crippen LogP contribution in [0.1, 0.15) is 18.2 Å². The van der Waals surface area contributed by atoms with Gasteiger partial charge < -0.3 is 10.6 Å². The molecule has 0 amide bonds. The van der Waals surface area contributed by atoms with Gasteiger partial charge in [0, 0.05) is 25.4 Å². The van der Waals surface area contributed by atoms with Crippen LogP contribution in [0.15, 0.2) is 47.6 Å². The molecule has 1 aromatic heterocycles. The number of aromatic nitrogens is 1. The van der Waals surface area contributed by atoms with Crippen molar-refractivity contribution in [3.8, 4) is 0 Å². The van der Waals surface area contributed by atoms with Gasteiger partial charge in [0.25, 0.3) is 0 Å². The van der Waals surface area contributed by atoms with Gasteiger partial charge in [0.2, 0.25) is 0 Å². The van der Waals surface area contributed by atoms with E-state index in [1.807, 2.05) is 25.1 Å². The van der Waals surface area contributed by atoms with Gasteiger partial charge in [-0.05, 0) is 43.2 Å². The number of nitrogens with zero attached hydrogens (tertiary/aromatic N) is 2.